The largest absolute Gasteiger partial charge is 0.352 e. The average Bonchev–Trinajstić information content (AvgIpc) is 3.09. The number of amides is 2. The molecule has 6 nitrogen and oxygen atoms in total. The van der Waals surface area contributed by atoms with Crippen molar-refractivity contribution in [3.8, 4) is 0 Å². The highest BCUT2D eigenvalue weighted by Crippen LogP contribution is 2.37. The summed E-state index contributed by atoms with van der Waals surface area (Å²) in [5.74, 6) is -0.619. The zero-order valence-corrected chi connectivity index (χ0v) is 14.3. The van der Waals surface area contributed by atoms with Gasteiger partial charge in [-0.2, -0.15) is 5.10 Å². The third kappa shape index (κ3) is 3.14. The van der Waals surface area contributed by atoms with Gasteiger partial charge in [-0.25, -0.2) is 0 Å². The van der Waals surface area contributed by atoms with E-state index in [0.717, 1.165) is 16.8 Å². The van der Waals surface area contributed by atoms with Gasteiger partial charge >= 0.3 is 0 Å². The number of rotatable bonds is 4. The molecule has 2 heterocycles. The number of hydrogen-bond acceptors (Lipinski definition) is 3. The maximum atomic E-state index is 12.7. The van der Waals surface area contributed by atoms with E-state index in [-0.39, 0.29) is 24.3 Å². The van der Waals surface area contributed by atoms with Gasteiger partial charge < -0.3 is 10.2 Å². The molecular weight excluding hydrogens is 328 g/mol. The molecule has 0 radical (unpaired) electrons. The summed E-state index contributed by atoms with van der Waals surface area (Å²) in [4.78, 5) is 26.4. The molecule has 1 aliphatic rings. The summed E-state index contributed by atoms with van der Waals surface area (Å²) in [5.41, 5.74) is 2.72. The summed E-state index contributed by atoms with van der Waals surface area (Å²) in [6, 6.07) is 7.01. The van der Waals surface area contributed by atoms with E-state index in [2.05, 4.69) is 15.5 Å². The lowest BCUT2D eigenvalue weighted by Crippen LogP contribution is -2.34. The molecule has 24 heavy (non-hydrogen) atoms. The SMILES string of the molecule is Cc1[nH]ncc1CNC(=O)[C@@H]1CC(=O)N(C)[C@H]1c1cccc(Cl)c1. The van der Waals surface area contributed by atoms with Crippen LogP contribution in [0.25, 0.3) is 0 Å². The van der Waals surface area contributed by atoms with Gasteiger partial charge in [0.25, 0.3) is 0 Å². The number of carbonyl (C=O) groups is 2. The van der Waals surface area contributed by atoms with E-state index >= 15 is 0 Å². The summed E-state index contributed by atoms with van der Waals surface area (Å²) in [6.07, 6.45) is 1.89. The molecule has 0 bridgehead atoms. The van der Waals surface area contributed by atoms with Crippen molar-refractivity contribution >= 4 is 23.4 Å². The fraction of sp³-hybridized carbons (Fsp3) is 0.353. The van der Waals surface area contributed by atoms with Gasteiger partial charge in [0.05, 0.1) is 18.2 Å². The Hall–Kier alpha value is -2.34. The molecule has 0 aliphatic carbocycles. The van der Waals surface area contributed by atoms with E-state index in [9.17, 15) is 9.59 Å². The van der Waals surface area contributed by atoms with Crippen LogP contribution in [0.2, 0.25) is 5.02 Å². The number of carbonyl (C=O) groups excluding carboxylic acids is 2. The molecule has 2 atom stereocenters. The summed E-state index contributed by atoms with van der Waals surface area (Å²) in [6.45, 7) is 2.29. The van der Waals surface area contributed by atoms with Crippen molar-refractivity contribution in [2.45, 2.75) is 25.9 Å². The number of aromatic nitrogens is 2. The Bertz CT molecular complexity index is 773. The second-order valence-corrected chi connectivity index (χ2v) is 6.49. The minimum absolute atomic E-state index is 0.0420. The number of halogens is 1. The van der Waals surface area contributed by atoms with E-state index in [1.807, 2.05) is 25.1 Å². The Balaban J connectivity index is 1.78. The van der Waals surface area contributed by atoms with Crippen LogP contribution in [0.5, 0.6) is 0 Å². The van der Waals surface area contributed by atoms with Crippen LogP contribution in [0.4, 0.5) is 0 Å². The number of likely N-dealkylation sites (tertiary alicyclic amines) is 1. The quantitative estimate of drug-likeness (QED) is 0.891. The molecule has 2 N–H and O–H groups in total. The van der Waals surface area contributed by atoms with E-state index in [0.29, 0.717) is 11.6 Å². The fourth-order valence-electron chi connectivity index (χ4n) is 3.12. The van der Waals surface area contributed by atoms with Crippen LogP contribution in [-0.4, -0.2) is 34.0 Å². The number of nitrogens with zero attached hydrogens (tertiary/aromatic N) is 2. The van der Waals surface area contributed by atoms with Crippen LogP contribution < -0.4 is 5.32 Å². The van der Waals surface area contributed by atoms with Crippen LogP contribution in [0, 0.1) is 12.8 Å². The molecule has 1 saturated heterocycles. The van der Waals surface area contributed by atoms with Gasteiger partial charge in [-0.05, 0) is 24.6 Å². The van der Waals surface area contributed by atoms with E-state index in [1.165, 1.54) is 0 Å². The fourth-order valence-corrected chi connectivity index (χ4v) is 3.32. The number of aromatic amines is 1. The lowest BCUT2D eigenvalue weighted by Gasteiger charge is -2.25. The summed E-state index contributed by atoms with van der Waals surface area (Å²) in [5, 5.41) is 10.3. The normalized spacial score (nSPS) is 20.5. The van der Waals surface area contributed by atoms with Gasteiger partial charge in [-0.1, -0.05) is 23.7 Å². The van der Waals surface area contributed by atoms with Crippen LogP contribution in [-0.2, 0) is 16.1 Å². The van der Waals surface area contributed by atoms with Crippen LogP contribution >= 0.6 is 11.6 Å². The Morgan fingerprint density at radius 1 is 1.50 bits per heavy atom. The van der Waals surface area contributed by atoms with Crippen molar-refractivity contribution < 1.29 is 9.59 Å². The molecule has 2 aromatic rings. The standard InChI is InChI=1S/C17H19ClN4O2/c1-10-12(9-20-21-10)8-19-17(24)14-7-15(23)22(2)16(14)11-4-3-5-13(18)6-11/h3-6,9,14,16H,7-8H2,1-2H3,(H,19,24)(H,20,21)/t14-,16+/m1/s1. The Kier molecular flexibility index (Phi) is 4.57. The van der Waals surface area contributed by atoms with Crippen molar-refractivity contribution in [2.75, 3.05) is 7.05 Å². The highest BCUT2D eigenvalue weighted by molar-refractivity contribution is 6.30. The number of hydrogen-bond donors (Lipinski definition) is 2. The zero-order chi connectivity index (χ0) is 17.3. The van der Waals surface area contributed by atoms with Gasteiger partial charge in [0, 0.05) is 36.3 Å². The Morgan fingerprint density at radius 2 is 2.29 bits per heavy atom. The van der Waals surface area contributed by atoms with Gasteiger partial charge in [0.15, 0.2) is 0 Å². The zero-order valence-electron chi connectivity index (χ0n) is 13.5. The molecule has 2 amide bonds. The average molecular weight is 347 g/mol. The van der Waals surface area contributed by atoms with Crippen molar-refractivity contribution in [1.82, 2.24) is 20.4 Å². The minimum atomic E-state index is -0.437. The first kappa shape index (κ1) is 16.5. The second kappa shape index (κ2) is 6.65. The molecule has 7 heteroatoms. The maximum Gasteiger partial charge on any atom is 0.226 e. The first-order valence-corrected chi connectivity index (χ1v) is 8.13. The number of aryl methyl sites for hydroxylation is 1. The highest BCUT2D eigenvalue weighted by Gasteiger charge is 2.42. The van der Waals surface area contributed by atoms with E-state index in [4.69, 9.17) is 11.6 Å². The summed E-state index contributed by atoms with van der Waals surface area (Å²) in [7, 11) is 1.72. The number of nitrogens with one attached hydrogen (secondary N) is 2. The third-order valence-corrected chi connectivity index (χ3v) is 4.74. The van der Waals surface area contributed by atoms with Gasteiger partial charge in [0.2, 0.25) is 11.8 Å². The number of H-pyrrole nitrogens is 1. The first-order chi connectivity index (χ1) is 11.5. The van der Waals surface area contributed by atoms with Gasteiger partial charge in [-0.3, -0.25) is 14.7 Å². The molecule has 1 fully saturated rings. The lowest BCUT2D eigenvalue weighted by molar-refractivity contribution is -0.128. The molecule has 0 saturated carbocycles. The van der Waals surface area contributed by atoms with Gasteiger partial charge in [0.1, 0.15) is 0 Å². The molecule has 126 valence electrons. The predicted octanol–water partition coefficient (Wildman–Crippen LogP) is 2.21. The Morgan fingerprint density at radius 3 is 2.96 bits per heavy atom. The highest BCUT2D eigenvalue weighted by atomic mass is 35.5. The predicted molar refractivity (Wildman–Crippen MR) is 90.2 cm³/mol. The topological polar surface area (TPSA) is 78.1 Å². The molecule has 3 rings (SSSR count). The van der Waals surface area contributed by atoms with Gasteiger partial charge in [-0.15, -0.1) is 0 Å². The second-order valence-electron chi connectivity index (χ2n) is 6.05. The van der Waals surface area contributed by atoms with E-state index < -0.39 is 5.92 Å². The van der Waals surface area contributed by atoms with E-state index in [1.54, 1.807) is 24.2 Å². The smallest absolute Gasteiger partial charge is 0.226 e. The van der Waals surface area contributed by atoms with Crippen molar-refractivity contribution in [1.29, 1.82) is 0 Å². The monoisotopic (exact) mass is 346 g/mol. The number of benzene rings is 1. The van der Waals surface area contributed by atoms with Crippen molar-refractivity contribution in [3.05, 3.63) is 52.3 Å². The van der Waals surface area contributed by atoms with Crippen LogP contribution in [0.15, 0.2) is 30.5 Å². The molecule has 1 aromatic heterocycles. The summed E-state index contributed by atoms with van der Waals surface area (Å²) < 4.78 is 0. The Labute approximate surface area is 145 Å². The first-order valence-electron chi connectivity index (χ1n) is 7.75. The van der Waals surface area contributed by atoms with Crippen molar-refractivity contribution in [3.63, 3.8) is 0 Å². The van der Waals surface area contributed by atoms with Crippen molar-refractivity contribution in [2.24, 2.45) is 5.92 Å². The lowest BCUT2D eigenvalue weighted by atomic mass is 9.93. The van der Waals surface area contributed by atoms with Crippen LogP contribution in [0.3, 0.4) is 0 Å². The summed E-state index contributed by atoms with van der Waals surface area (Å²) >= 11 is 6.07. The molecule has 0 unspecified atom stereocenters. The molecule has 1 aliphatic heterocycles. The molecule has 1 aromatic carbocycles. The maximum absolute atomic E-state index is 12.7. The third-order valence-electron chi connectivity index (χ3n) is 4.50. The molecular formula is C17H19ClN4O2. The minimum Gasteiger partial charge on any atom is -0.352 e. The molecule has 0 spiro atoms. The van der Waals surface area contributed by atoms with Crippen LogP contribution in [0.1, 0.15) is 29.3 Å².